The molecule has 0 spiro atoms. The van der Waals surface area contributed by atoms with Gasteiger partial charge in [-0.15, -0.1) is 0 Å². The fourth-order valence-electron chi connectivity index (χ4n) is 3.40. The zero-order valence-corrected chi connectivity index (χ0v) is 12.3. The van der Waals surface area contributed by atoms with Crippen LogP contribution in [-0.2, 0) is 14.3 Å². The molecule has 3 atom stereocenters. The summed E-state index contributed by atoms with van der Waals surface area (Å²) in [5.74, 6) is 0.230. The number of nitrogens with zero attached hydrogens (tertiary/aromatic N) is 1. The molecule has 2 heterocycles. The molecule has 0 bridgehead atoms. The first-order valence-corrected chi connectivity index (χ1v) is 7.27. The summed E-state index contributed by atoms with van der Waals surface area (Å²) >= 11 is 0. The lowest BCUT2D eigenvalue weighted by molar-refractivity contribution is -0.137. The molecule has 2 aliphatic heterocycles. The van der Waals surface area contributed by atoms with Gasteiger partial charge in [-0.3, -0.25) is 4.79 Å². The van der Waals surface area contributed by atoms with Crippen molar-refractivity contribution in [3.8, 4) is 0 Å². The summed E-state index contributed by atoms with van der Waals surface area (Å²) in [5, 5.41) is 3.44. The molecule has 1 N–H and O–H groups in total. The second-order valence-corrected chi connectivity index (χ2v) is 5.62. The third kappa shape index (κ3) is 2.78. The summed E-state index contributed by atoms with van der Waals surface area (Å²) in [5.41, 5.74) is -0.338. The Bertz CT molecular complexity index is 304. The molecule has 2 saturated heterocycles. The number of nitrogens with one attached hydrogen (secondary N) is 1. The first-order chi connectivity index (χ1) is 9.16. The Hall–Kier alpha value is -0.650. The van der Waals surface area contributed by atoms with Crippen LogP contribution in [0.15, 0.2) is 0 Å². The molecule has 2 rings (SSSR count). The molecule has 2 aliphatic rings. The predicted molar refractivity (Wildman–Crippen MR) is 73.0 cm³/mol. The number of carbonyl (C=O) groups excluding carboxylic acids is 1. The standard InChI is InChI=1S/C14H26N2O3/c1-4-6-14(7-5-8-15-14)13(17)16-9-11(18-2)12(10-16)19-3/h11-12,15H,4-10H2,1-3H3. The fourth-order valence-corrected chi connectivity index (χ4v) is 3.40. The van der Waals surface area contributed by atoms with Gasteiger partial charge >= 0.3 is 0 Å². The minimum absolute atomic E-state index is 0.00553. The maximum atomic E-state index is 12.8. The largest absolute Gasteiger partial charge is 0.377 e. The first-order valence-electron chi connectivity index (χ1n) is 7.27. The van der Waals surface area contributed by atoms with Gasteiger partial charge in [-0.05, 0) is 25.8 Å². The minimum atomic E-state index is -0.338. The van der Waals surface area contributed by atoms with Crippen LogP contribution in [0.5, 0.6) is 0 Å². The Morgan fingerprint density at radius 1 is 1.32 bits per heavy atom. The van der Waals surface area contributed by atoms with E-state index in [9.17, 15) is 4.79 Å². The molecule has 0 aromatic heterocycles. The highest BCUT2D eigenvalue weighted by Gasteiger charge is 2.46. The molecule has 0 radical (unpaired) electrons. The Morgan fingerprint density at radius 3 is 2.37 bits per heavy atom. The minimum Gasteiger partial charge on any atom is -0.377 e. The third-order valence-electron chi connectivity index (χ3n) is 4.44. The molecule has 0 aromatic carbocycles. The molecule has 5 nitrogen and oxygen atoms in total. The van der Waals surface area contributed by atoms with Gasteiger partial charge < -0.3 is 19.7 Å². The van der Waals surface area contributed by atoms with Crippen molar-refractivity contribution in [2.75, 3.05) is 33.9 Å². The monoisotopic (exact) mass is 270 g/mol. The van der Waals surface area contributed by atoms with E-state index in [1.54, 1.807) is 14.2 Å². The average Bonchev–Trinajstić information content (AvgIpc) is 3.04. The van der Waals surface area contributed by atoms with Gasteiger partial charge in [0.05, 0.1) is 5.54 Å². The van der Waals surface area contributed by atoms with E-state index in [1.165, 1.54) is 0 Å². The molecule has 5 heteroatoms. The van der Waals surface area contributed by atoms with Crippen molar-refractivity contribution >= 4 is 5.91 Å². The lowest BCUT2D eigenvalue weighted by Crippen LogP contribution is -2.54. The molecule has 0 aliphatic carbocycles. The lowest BCUT2D eigenvalue weighted by atomic mass is 9.90. The summed E-state index contributed by atoms with van der Waals surface area (Å²) in [6, 6.07) is 0. The summed E-state index contributed by atoms with van der Waals surface area (Å²) in [6.45, 7) is 4.36. The van der Waals surface area contributed by atoms with E-state index < -0.39 is 0 Å². The van der Waals surface area contributed by atoms with Crippen molar-refractivity contribution in [2.24, 2.45) is 0 Å². The molecule has 0 saturated carbocycles. The van der Waals surface area contributed by atoms with Gasteiger partial charge in [-0.25, -0.2) is 0 Å². The number of likely N-dealkylation sites (tertiary alicyclic amines) is 1. The van der Waals surface area contributed by atoms with Crippen LogP contribution in [0.3, 0.4) is 0 Å². The van der Waals surface area contributed by atoms with E-state index in [0.717, 1.165) is 32.2 Å². The molecular formula is C14H26N2O3. The van der Waals surface area contributed by atoms with Crippen LogP contribution in [-0.4, -0.2) is 62.4 Å². The number of ether oxygens (including phenoxy) is 2. The van der Waals surface area contributed by atoms with Gasteiger partial charge in [0.25, 0.3) is 0 Å². The molecule has 2 fully saturated rings. The topological polar surface area (TPSA) is 50.8 Å². The average molecular weight is 270 g/mol. The second kappa shape index (κ2) is 6.20. The van der Waals surface area contributed by atoms with Crippen LogP contribution >= 0.6 is 0 Å². The van der Waals surface area contributed by atoms with Crippen LogP contribution in [0, 0.1) is 0 Å². The molecule has 1 amide bonds. The number of rotatable bonds is 5. The van der Waals surface area contributed by atoms with Gasteiger partial charge in [0.1, 0.15) is 12.2 Å². The molecule has 19 heavy (non-hydrogen) atoms. The van der Waals surface area contributed by atoms with Gasteiger partial charge in [0.15, 0.2) is 0 Å². The van der Waals surface area contributed by atoms with Gasteiger partial charge in [0, 0.05) is 27.3 Å². The van der Waals surface area contributed by atoms with E-state index >= 15 is 0 Å². The van der Waals surface area contributed by atoms with Crippen molar-refractivity contribution in [2.45, 2.75) is 50.4 Å². The quantitative estimate of drug-likeness (QED) is 0.802. The number of methoxy groups -OCH3 is 2. The Kier molecular flexibility index (Phi) is 4.81. The zero-order chi connectivity index (χ0) is 13.9. The fraction of sp³-hybridized carbons (Fsp3) is 0.929. The van der Waals surface area contributed by atoms with E-state index in [1.807, 2.05) is 4.90 Å². The SMILES string of the molecule is CCCC1(C(=O)N2CC(OC)C(OC)C2)CCCN1. The first kappa shape index (κ1) is 14.8. The van der Waals surface area contributed by atoms with Crippen LogP contribution in [0.25, 0.3) is 0 Å². The van der Waals surface area contributed by atoms with Crippen LogP contribution in [0.4, 0.5) is 0 Å². The van der Waals surface area contributed by atoms with Crippen LogP contribution in [0.2, 0.25) is 0 Å². The van der Waals surface area contributed by atoms with Gasteiger partial charge in [-0.1, -0.05) is 13.3 Å². The van der Waals surface area contributed by atoms with E-state index in [0.29, 0.717) is 13.1 Å². The van der Waals surface area contributed by atoms with Crippen molar-refractivity contribution in [1.29, 1.82) is 0 Å². The summed E-state index contributed by atoms with van der Waals surface area (Å²) < 4.78 is 10.8. The van der Waals surface area contributed by atoms with Crippen molar-refractivity contribution < 1.29 is 14.3 Å². The van der Waals surface area contributed by atoms with E-state index in [-0.39, 0.29) is 23.7 Å². The van der Waals surface area contributed by atoms with Gasteiger partial charge in [-0.2, -0.15) is 0 Å². The lowest BCUT2D eigenvalue weighted by Gasteiger charge is -2.32. The molecule has 0 aromatic rings. The number of amides is 1. The number of carbonyl (C=O) groups is 1. The highest BCUT2D eigenvalue weighted by molar-refractivity contribution is 5.87. The zero-order valence-electron chi connectivity index (χ0n) is 12.3. The molecule has 3 unspecified atom stereocenters. The normalized spacial score (nSPS) is 35.0. The summed E-state index contributed by atoms with van der Waals surface area (Å²) in [4.78, 5) is 14.7. The highest BCUT2D eigenvalue weighted by atomic mass is 16.5. The molecule has 110 valence electrons. The summed E-state index contributed by atoms with van der Waals surface area (Å²) in [7, 11) is 3.36. The van der Waals surface area contributed by atoms with E-state index in [2.05, 4.69) is 12.2 Å². The van der Waals surface area contributed by atoms with Crippen LogP contribution in [0.1, 0.15) is 32.6 Å². The van der Waals surface area contributed by atoms with Gasteiger partial charge in [0.2, 0.25) is 5.91 Å². The Labute approximate surface area is 115 Å². The summed E-state index contributed by atoms with van der Waals surface area (Å²) in [6.07, 6.45) is 3.96. The Morgan fingerprint density at radius 2 is 1.95 bits per heavy atom. The highest BCUT2D eigenvalue weighted by Crippen LogP contribution is 2.29. The number of hydrogen-bond donors (Lipinski definition) is 1. The van der Waals surface area contributed by atoms with Crippen molar-refractivity contribution in [3.63, 3.8) is 0 Å². The van der Waals surface area contributed by atoms with E-state index in [4.69, 9.17) is 9.47 Å². The second-order valence-electron chi connectivity index (χ2n) is 5.62. The maximum Gasteiger partial charge on any atom is 0.243 e. The molecular weight excluding hydrogens is 244 g/mol. The Balaban J connectivity index is 2.06. The van der Waals surface area contributed by atoms with Crippen molar-refractivity contribution in [3.05, 3.63) is 0 Å². The van der Waals surface area contributed by atoms with Crippen molar-refractivity contribution in [1.82, 2.24) is 10.2 Å². The third-order valence-corrected chi connectivity index (χ3v) is 4.44. The smallest absolute Gasteiger partial charge is 0.243 e. The van der Waals surface area contributed by atoms with Crippen LogP contribution < -0.4 is 5.32 Å². The predicted octanol–water partition coefficient (Wildman–Crippen LogP) is 0.781. The maximum absolute atomic E-state index is 12.8. The number of hydrogen-bond acceptors (Lipinski definition) is 4.